The van der Waals surface area contributed by atoms with Crippen molar-refractivity contribution in [3.05, 3.63) is 69.6 Å². The average Bonchev–Trinajstić information content (AvgIpc) is 2.78. The van der Waals surface area contributed by atoms with E-state index in [0.717, 1.165) is 34.9 Å². The monoisotopic (exact) mass is 449 g/mol. The highest BCUT2D eigenvalue weighted by Gasteiger charge is 2.47. The van der Waals surface area contributed by atoms with Gasteiger partial charge in [0.1, 0.15) is 5.56 Å². The van der Waals surface area contributed by atoms with Crippen molar-refractivity contribution in [3.63, 3.8) is 0 Å². The minimum atomic E-state index is -0.599. The van der Waals surface area contributed by atoms with Crippen LogP contribution < -0.4 is 10.9 Å². The summed E-state index contributed by atoms with van der Waals surface area (Å²) in [4.78, 5) is 30.2. The normalized spacial score (nSPS) is 28.8. The minimum absolute atomic E-state index is 0.175. The van der Waals surface area contributed by atoms with E-state index in [0.29, 0.717) is 25.6 Å². The number of pyridine rings is 1. The Morgan fingerprint density at radius 2 is 1.73 bits per heavy atom. The third-order valence-electron chi connectivity index (χ3n) is 8.24. The number of likely N-dealkylation sites (N-methyl/N-ethyl adjacent to an activating group) is 1. The largest absolute Gasteiger partial charge is 0.387 e. The number of nitrogens with zero attached hydrogens (tertiary/aromatic N) is 1. The number of H-pyrrole nitrogens is 1. The molecule has 1 atom stereocenters. The molecule has 1 heterocycles. The second-order valence-corrected chi connectivity index (χ2v) is 10.7. The Hall–Kier alpha value is -2.44. The van der Waals surface area contributed by atoms with Crippen molar-refractivity contribution in [2.24, 2.45) is 29.6 Å². The molecule has 0 radical (unpaired) electrons. The van der Waals surface area contributed by atoms with Crippen molar-refractivity contribution in [2.45, 2.75) is 44.8 Å². The maximum absolute atomic E-state index is 12.8. The number of carbonyl (C=O) groups is 1. The fraction of sp³-hybridized carbons (Fsp3) is 0.556. The molecule has 3 N–H and O–H groups in total. The Labute approximate surface area is 195 Å². The summed E-state index contributed by atoms with van der Waals surface area (Å²) < 4.78 is 0. The van der Waals surface area contributed by atoms with Gasteiger partial charge in [0, 0.05) is 25.3 Å². The summed E-state index contributed by atoms with van der Waals surface area (Å²) in [6.45, 7) is 1.61. The molecule has 1 aromatic heterocycles. The second kappa shape index (κ2) is 9.43. The van der Waals surface area contributed by atoms with Crippen LogP contribution in [0, 0.1) is 29.6 Å². The Morgan fingerprint density at radius 1 is 1.06 bits per heavy atom. The highest BCUT2D eigenvalue weighted by Crippen LogP contribution is 2.56. The van der Waals surface area contributed by atoms with Crippen LogP contribution in [0.3, 0.4) is 0 Å². The fourth-order valence-electron chi connectivity index (χ4n) is 6.89. The molecule has 6 nitrogen and oxygen atoms in total. The van der Waals surface area contributed by atoms with E-state index in [1.54, 1.807) is 12.1 Å². The van der Waals surface area contributed by atoms with Gasteiger partial charge < -0.3 is 15.4 Å². The van der Waals surface area contributed by atoms with Gasteiger partial charge in [0.05, 0.1) is 6.10 Å². The molecule has 2 aromatic rings. The molecule has 1 aromatic carbocycles. The van der Waals surface area contributed by atoms with Gasteiger partial charge in [-0.15, -0.1) is 0 Å². The Bertz CT molecular complexity index is 1010. The van der Waals surface area contributed by atoms with Crippen LogP contribution in [0.1, 0.15) is 59.8 Å². The summed E-state index contributed by atoms with van der Waals surface area (Å²) in [7, 11) is 1.90. The number of aromatic nitrogens is 1. The van der Waals surface area contributed by atoms with Crippen LogP contribution in [0.5, 0.6) is 0 Å². The first-order valence-electron chi connectivity index (χ1n) is 12.4. The van der Waals surface area contributed by atoms with Crippen molar-refractivity contribution in [1.29, 1.82) is 0 Å². The molecule has 4 aliphatic rings. The number of nitrogens with one attached hydrogen (secondary N) is 2. The molecule has 4 saturated carbocycles. The van der Waals surface area contributed by atoms with Gasteiger partial charge in [-0.3, -0.25) is 14.5 Å². The molecule has 1 unspecified atom stereocenters. The van der Waals surface area contributed by atoms with Gasteiger partial charge in [-0.2, -0.15) is 0 Å². The van der Waals surface area contributed by atoms with E-state index in [4.69, 9.17) is 0 Å². The SMILES string of the molecule is CN(Cc1ccc(C(=O)NCC2C3CC4CC(C3)CC2C4)c(=O)[nH]1)CC(O)c1ccccc1. The van der Waals surface area contributed by atoms with Gasteiger partial charge in [0.25, 0.3) is 11.5 Å². The zero-order valence-corrected chi connectivity index (χ0v) is 19.4. The van der Waals surface area contributed by atoms with Gasteiger partial charge in [0.2, 0.25) is 0 Å². The first-order valence-corrected chi connectivity index (χ1v) is 12.4. The summed E-state index contributed by atoms with van der Waals surface area (Å²) in [5.41, 5.74) is 1.41. The van der Waals surface area contributed by atoms with Crippen molar-refractivity contribution in [3.8, 4) is 0 Å². The van der Waals surface area contributed by atoms with E-state index in [-0.39, 0.29) is 17.0 Å². The molecule has 176 valence electrons. The number of aromatic amines is 1. The van der Waals surface area contributed by atoms with Crippen LogP contribution >= 0.6 is 0 Å². The maximum Gasteiger partial charge on any atom is 0.261 e. The summed E-state index contributed by atoms with van der Waals surface area (Å²) in [5.74, 6) is 3.64. The quantitative estimate of drug-likeness (QED) is 0.577. The van der Waals surface area contributed by atoms with Crippen molar-refractivity contribution in [2.75, 3.05) is 20.1 Å². The third-order valence-corrected chi connectivity index (χ3v) is 8.24. The van der Waals surface area contributed by atoms with Crippen LogP contribution in [0.25, 0.3) is 0 Å². The van der Waals surface area contributed by atoms with Crippen molar-refractivity contribution >= 4 is 5.91 Å². The van der Waals surface area contributed by atoms with E-state index in [1.807, 2.05) is 42.3 Å². The Balaban J connectivity index is 1.15. The lowest BCUT2D eigenvalue weighted by molar-refractivity contribution is -0.0347. The molecular weight excluding hydrogens is 414 g/mol. The zero-order valence-electron chi connectivity index (χ0n) is 19.4. The Kier molecular flexibility index (Phi) is 6.39. The second-order valence-electron chi connectivity index (χ2n) is 10.7. The van der Waals surface area contributed by atoms with E-state index in [9.17, 15) is 14.7 Å². The molecule has 33 heavy (non-hydrogen) atoms. The molecule has 6 rings (SSSR count). The molecular formula is C27H35N3O3. The van der Waals surface area contributed by atoms with Gasteiger partial charge in [-0.1, -0.05) is 30.3 Å². The fourth-order valence-corrected chi connectivity index (χ4v) is 6.89. The first kappa shape index (κ1) is 22.4. The van der Waals surface area contributed by atoms with Crippen LogP contribution in [-0.2, 0) is 6.54 Å². The van der Waals surface area contributed by atoms with Gasteiger partial charge >= 0.3 is 0 Å². The first-order chi connectivity index (χ1) is 16.0. The van der Waals surface area contributed by atoms with Crippen LogP contribution in [0.2, 0.25) is 0 Å². The molecule has 1 amide bonds. The van der Waals surface area contributed by atoms with Crippen LogP contribution in [0.4, 0.5) is 0 Å². The molecule has 0 aliphatic heterocycles. The van der Waals surface area contributed by atoms with Gasteiger partial charge in [-0.25, -0.2) is 0 Å². The topological polar surface area (TPSA) is 85.4 Å². The molecule has 4 aliphatic carbocycles. The number of hydrogen-bond acceptors (Lipinski definition) is 4. The standard InChI is InChI=1S/C27H35N3O3/c1-30(16-25(31)19-5-3-2-4-6-19)15-22-7-8-23(27(33)29-22)26(32)28-14-24-20-10-17-9-18(12-20)13-21(24)11-17/h2-8,17-18,20-21,24-25,31H,9-16H2,1H3,(H,28,32)(H,29,33). The molecule has 6 heteroatoms. The van der Waals surface area contributed by atoms with E-state index in [1.165, 1.54) is 32.1 Å². The number of amides is 1. The van der Waals surface area contributed by atoms with Crippen molar-refractivity contribution in [1.82, 2.24) is 15.2 Å². The average molecular weight is 450 g/mol. The summed E-state index contributed by atoms with van der Waals surface area (Å²) in [5, 5.41) is 13.5. The molecule has 0 spiro atoms. The lowest BCUT2D eigenvalue weighted by atomic mass is 9.52. The van der Waals surface area contributed by atoms with Crippen LogP contribution in [0.15, 0.2) is 47.3 Å². The molecule has 4 fully saturated rings. The number of aliphatic hydroxyl groups excluding tert-OH is 1. The van der Waals surface area contributed by atoms with Gasteiger partial charge in [-0.05, 0) is 86.4 Å². The molecule has 0 saturated heterocycles. The summed E-state index contributed by atoms with van der Waals surface area (Å²) in [6.07, 6.45) is 6.14. The van der Waals surface area contributed by atoms with E-state index >= 15 is 0 Å². The predicted molar refractivity (Wildman–Crippen MR) is 128 cm³/mol. The third kappa shape index (κ3) is 4.92. The number of benzene rings is 1. The number of aliphatic hydroxyl groups is 1. The highest BCUT2D eigenvalue weighted by atomic mass is 16.3. The van der Waals surface area contributed by atoms with E-state index < -0.39 is 6.10 Å². The number of rotatable bonds is 8. The number of carbonyl (C=O) groups excluding carboxylic acids is 1. The van der Waals surface area contributed by atoms with Gasteiger partial charge in [0.15, 0.2) is 0 Å². The minimum Gasteiger partial charge on any atom is -0.387 e. The van der Waals surface area contributed by atoms with Crippen molar-refractivity contribution < 1.29 is 9.90 Å². The lowest BCUT2D eigenvalue weighted by Gasteiger charge is -2.54. The summed E-state index contributed by atoms with van der Waals surface area (Å²) >= 11 is 0. The lowest BCUT2D eigenvalue weighted by Crippen LogP contribution is -2.49. The predicted octanol–water partition coefficient (Wildman–Crippen LogP) is 3.34. The summed E-state index contributed by atoms with van der Waals surface area (Å²) in [6, 6.07) is 13.0. The Morgan fingerprint density at radius 3 is 2.36 bits per heavy atom. The highest BCUT2D eigenvalue weighted by molar-refractivity contribution is 5.93. The number of hydrogen-bond donors (Lipinski definition) is 3. The van der Waals surface area contributed by atoms with Crippen LogP contribution in [-0.4, -0.2) is 41.0 Å². The smallest absolute Gasteiger partial charge is 0.261 e. The van der Waals surface area contributed by atoms with E-state index in [2.05, 4.69) is 10.3 Å². The zero-order chi connectivity index (χ0) is 22.9. The maximum atomic E-state index is 12.8. The molecule has 4 bridgehead atoms.